The molecule has 9 rings (SSSR count). The molecule has 298 valence electrons. The van der Waals surface area contributed by atoms with E-state index in [1.165, 1.54) is 22.3 Å². The third-order valence-corrected chi connectivity index (χ3v) is 11.2. The first-order valence-electron chi connectivity index (χ1n) is 20.3. The molecule has 7 aromatic carbocycles. The molecule has 0 radical (unpaired) electrons. The maximum absolute atomic E-state index is 11.3. The maximum atomic E-state index is 11.3. The van der Waals surface area contributed by atoms with E-state index in [1.807, 2.05) is 36.5 Å². The monoisotopic (exact) mass is 959 g/mol. The van der Waals surface area contributed by atoms with E-state index in [9.17, 15) is 5.11 Å². The third kappa shape index (κ3) is 7.88. The van der Waals surface area contributed by atoms with Crippen LogP contribution in [0.1, 0.15) is 51.7 Å². The number of hydrogen-bond acceptors (Lipinski definition) is 3. The molecule has 2 heterocycles. The van der Waals surface area contributed by atoms with Crippen molar-refractivity contribution in [1.29, 1.82) is 0 Å². The van der Waals surface area contributed by atoms with Gasteiger partial charge < -0.3 is 5.11 Å². The molecule has 0 aliphatic heterocycles. The topological polar surface area (TPSA) is 50.9 Å². The second-order valence-corrected chi connectivity index (χ2v) is 16.6. The Hall–Kier alpha value is -6.35. The molecule has 0 aliphatic rings. The second kappa shape index (κ2) is 16.7. The number of pyridine rings is 1. The molecule has 0 aliphatic carbocycles. The van der Waals surface area contributed by atoms with E-state index in [1.54, 1.807) is 6.07 Å². The van der Waals surface area contributed by atoms with Crippen LogP contribution in [0.15, 0.2) is 176 Å². The first-order valence-corrected chi connectivity index (χ1v) is 20.3. The van der Waals surface area contributed by atoms with Gasteiger partial charge in [0.1, 0.15) is 11.6 Å². The molecule has 0 saturated heterocycles. The Morgan fingerprint density at radius 3 is 1.87 bits per heavy atom. The van der Waals surface area contributed by atoms with E-state index in [-0.39, 0.29) is 32.2 Å². The average molecular weight is 960 g/mol. The van der Waals surface area contributed by atoms with Crippen molar-refractivity contribution in [3.05, 3.63) is 193 Å². The Labute approximate surface area is 367 Å². The minimum atomic E-state index is -0.152. The molecule has 60 heavy (non-hydrogen) atoms. The van der Waals surface area contributed by atoms with Gasteiger partial charge in [0.2, 0.25) is 0 Å². The molecule has 1 N–H and O–H groups in total. The number of aromatic hydroxyl groups is 1. The van der Waals surface area contributed by atoms with Gasteiger partial charge >= 0.3 is 0 Å². The molecular formula is C55H46N3OPt-. The van der Waals surface area contributed by atoms with Gasteiger partial charge in [-0.15, -0.1) is 29.3 Å². The quantitative estimate of drug-likeness (QED) is 0.154. The van der Waals surface area contributed by atoms with Crippen LogP contribution in [-0.4, -0.2) is 19.6 Å². The summed E-state index contributed by atoms with van der Waals surface area (Å²) in [5.74, 6) is 1.19. The molecule has 5 heteroatoms. The Morgan fingerprint density at radius 2 is 1.18 bits per heavy atom. The number of imidazole rings is 1. The molecule has 9 aromatic rings. The zero-order valence-electron chi connectivity index (χ0n) is 34.4. The normalized spacial score (nSPS) is 11.5. The summed E-state index contributed by atoms with van der Waals surface area (Å²) < 4.78 is 2.21. The number of fused-ring (bicyclic) bond motifs is 1. The van der Waals surface area contributed by atoms with Gasteiger partial charge in [0.05, 0.1) is 22.3 Å². The summed E-state index contributed by atoms with van der Waals surface area (Å²) in [5.41, 5.74) is 16.2. The van der Waals surface area contributed by atoms with E-state index < -0.39 is 0 Å². The van der Waals surface area contributed by atoms with Crippen LogP contribution in [0.3, 0.4) is 0 Å². The van der Waals surface area contributed by atoms with Crippen molar-refractivity contribution in [2.45, 2.75) is 46.0 Å². The standard InChI is InChI=1S/C55H46N3O.Pt/c1-36(2)41-27-28-50(48(34-41)40-17-10-7-11-18-40)58-51-21-14-20-46(53(51)57-54(58)47-19-12-13-22-52(47)59)43-31-44(33-45(32-43)55(3,4)5)49-35-42(29-30-56-49)39-25-23-38(24-26-39)37-15-8-6-9-16-37;/h6-30,32-36,59H,1-5H3;/q-1;. The van der Waals surface area contributed by atoms with Gasteiger partial charge in [-0.25, -0.2) is 4.98 Å². The van der Waals surface area contributed by atoms with Gasteiger partial charge in [0.15, 0.2) is 0 Å². The Morgan fingerprint density at radius 1 is 0.567 bits per heavy atom. The Kier molecular flexibility index (Phi) is 11.3. The van der Waals surface area contributed by atoms with Gasteiger partial charge in [-0.2, -0.15) is 0 Å². The van der Waals surface area contributed by atoms with Gasteiger partial charge in [0, 0.05) is 38.5 Å². The van der Waals surface area contributed by atoms with Crippen LogP contribution in [0, 0.1) is 6.07 Å². The fourth-order valence-electron chi connectivity index (χ4n) is 7.89. The Balaban J connectivity index is 0.00000499. The molecule has 0 saturated carbocycles. The van der Waals surface area contributed by atoms with E-state index in [4.69, 9.17) is 9.97 Å². The van der Waals surface area contributed by atoms with Crippen LogP contribution < -0.4 is 0 Å². The average Bonchev–Trinajstić information content (AvgIpc) is 3.66. The first-order chi connectivity index (χ1) is 28.6. The van der Waals surface area contributed by atoms with Gasteiger partial charge in [-0.1, -0.05) is 167 Å². The molecule has 0 amide bonds. The zero-order valence-corrected chi connectivity index (χ0v) is 36.7. The summed E-state index contributed by atoms with van der Waals surface area (Å²) in [6, 6.07) is 62.8. The van der Waals surface area contributed by atoms with E-state index >= 15 is 0 Å². The summed E-state index contributed by atoms with van der Waals surface area (Å²) in [6.07, 6.45) is 1.89. The smallest absolute Gasteiger partial charge is 0.148 e. The Bertz CT molecular complexity index is 2940. The number of phenolic OH excluding ortho intramolecular Hbond substituents is 1. The van der Waals surface area contributed by atoms with E-state index in [0.717, 1.165) is 61.4 Å². The molecule has 0 unspecified atom stereocenters. The predicted molar refractivity (Wildman–Crippen MR) is 245 cm³/mol. The van der Waals surface area contributed by atoms with E-state index in [2.05, 4.69) is 179 Å². The first kappa shape index (κ1) is 40.4. The predicted octanol–water partition coefficient (Wildman–Crippen LogP) is 14.3. The van der Waals surface area contributed by atoms with Crippen LogP contribution in [0.25, 0.3) is 83.9 Å². The van der Waals surface area contributed by atoms with Gasteiger partial charge in [0.25, 0.3) is 0 Å². The van der Waals surface area contributed by atoms with Crippen molar-refractivity contribution in [1.82, 2.24) is 14.5 Å². The third-order valence-electron chi connectivity index (χ3n) is 11.2. The van der Waals surface area contributed by atoms with Crippen molar-refractivity contribution >= 4 is 11.0 Å². The molecule has 4 nitrogen and oxygen atoms in total. The summed E-state index contributed by atoms with van der Waals surface area (Å²) in [5, 5.41) is 11.3. The van der Waals surface area contributed by atoms with Crippen LogP contribution in [-0.2, 0) is 26.5 Å². The van der Waals surface area contributed by atoms with Crippen molar-refractivity contribution < 1.29 is 26.2 Å². The summed E-state index contributed by atoms with van der Waals surface area (Å²) >= 11 is 0. The zero-order chi connectivity index (χ0) is 40.7. The fraction of sp³-hybridized carbons (Fsp3) is 0.127. The number of hydrogen-bond donors (Lipinski definition) is 1. The molecule has 0 atom stereocenters. The van der Waals surface area contributed by atoms with Gasteiger partial charge in [-0.05, 0) is 81.1 Å². The minimum absolute atomic E-state index is 0. The van der Waals surface area contributed by atoms with Crippen LogP contribution in [0.2, 0.25) is 0 Å². The molecule has 2 aromatic heterocycles. The molecule has 0 spiro atoms. The second-order valence-electron chi connectivity index (χ2n) is 16.6. The van der Waals surface area contributed by atoms with Crippen molar-refractivity contribution in [3.63, 3.8) is 0 Å². The number of aromatic nitrogens is 3. The van der Waals surface area contributed by atoms with Crippen molar-refractivity contribution in [3.8, 4) is 78.6 Å². The largest absolute Gasteiger partial charge is 0.507 e. The number of nitrogens with zero attached hydrogens (tertiary/aromatic N) is 3. The minimum Gasteiger partial charge on any atom is -0.507 e. The number of phenols is 1. The van der Waals surface area contributed by atoms with Crippen LogP contribution >= 0.6 is 0 Å². The number of para-hydroxylation sites is 2. The molecule has 0 fully saturated rings. The summed E-state index contributed by atoms with van der Waals surface area (Å²) in [6.45, 7) is 11.2. The fourth-order valence-corrected chi connectivity index (χ4v) is 7.89. The number of rotatable bonds is 8. The van der Waals surface area contributed by atoms with Crippen molar-refractivity contribution in [2.24, 2.45) is 0 Å². The molecular weight excluding hydrogens is 914 g/mol. The van der Waals surface area contributed by atoms with Crippen LogP contribution in [0.5, 0.6) is 5.75 Å². The summed E-state index contributed by atoms with van der Waals surface area (Å²) in [4.78, 5) is 10.3. The molecule has 0 bridgehead atoms. The van der Waals surface area contributed by atoms with Crippen LogP contribution in [0.4, 0.5) is 0 Å². The maximum Gasteiger partial charge on any atom is 0.148 e. The van der Waals surface area contributed by atoms with Gasteiger partial charge in [-0.3, -0.25) is 9.55 Å². The SMILES string of the molecule is CC(C)c1ccc(-n2c(-c3ccccc3O)nc3c(-c4[c-]c(-c5cc(-c6ccc(-c7ccccc7)cc6)ccn5)cc(C(C)(C)C)c4)cccc32)c(-c2ccccc2)c1.[Pt]. The summed E-state index contributed by atoms with van der Waals surface area (Å²) in [7, 11) is 0. The van der Waals surface area contributed by atoms with E-state index in [0.29, 0.717) is 17.3 Å². The number of benzene rings is 7. The van der Waals surface area contributed by atoms with Crippen molar-refractivity contribution in [2.75, 3.05) is 0 Å².